The number of nitrogens with zero attached hydrogens (tertiary/aromatic N) is 3. The Kier molecular flexibility index (Phi) is 3.65. The topological polar surface area (TPSA) is 91.4 Å². The van der Waals surface area contributed by atoms with Crippen LogP contribution in [0.15, 0.2) is 42.6 Å². The molecule has 0 spiro atoms. The molecule has 0 unspecified atom stereocenters. The lowest BCUT2D eigenvalue weighted by Gasteiger charge is -2.11. The van der Waals surface area contributed by atoms with E-state index >= 15 is 0 Å². The van der Waals surface area contributed by atoms with Crippen LogP contribution < -0.4 is 0 Å². The van der Waals surface area contributed by atoms with Gasteiger partial charge in [0.05, 0.1) is 6.20 Å². The number of rotatable bonds is 3. The summed E-state index contributed by atoms with van der Waals surface area (Å²) in [6.07, 6.45) is 1.62. The minimum atomic E-state index is -0.0729. The highest BCUT2D eigenvalue weighted by molar-refractivity contribution is 5.69. The minimum Gasteiger partial charge on any atom is -0.508 e. The number of hydrogen-bond acceptors (Lipinski definition) is 5. The quantitative estimate of drug-likeness (QED) is 0.691. The molecule has 0 saturated carbocycles. The van der Waals surface area contributed by atoms with Crippen LogP contribution in [0.4, 0.5) is 0 Å². The van der Waals surface area contributed by atoms with Crippen molar-refractivity contribution in [2.24, 2.45) is 0 Å². The van der Waals surface area contributed by atoms with Gasteiger partial charge in [-0.15, -0.1) is 5.10 Å². The van der Waals surface area contributed by atoms with E-state index < -0.39 is 0 Å². The first-order valence-electron chi connectivity index (χ1n) is 7.24. The molecule has 0 aliphatic heterocycles. The van der Waals surface area contributed by atoms with Crippen molar-refractivity contribution < 1.29 is 15.3 Å². The van der Waals surface area contributed by atoms with E-state index in [1.165, 1.54) is 10.7 Å². The van der Waals surface area contributed by atoms with E-state index in [1.807, 2.05) is 13.8 Å². The molecule has 1 aromatic heterocycles. The van der Waals surface area contributed by atoms with Crippen molar-refractivity contribution in [3.63, 3.8) is 0 Å². The van der Waals surface area contributed by atoms with E-state index in [4.69, 9.17) is 0 Å². The summed E-state index contributed by atoms with van der Waals surface area (Å²) < 4.78 is 1.44. The number of aromatic nitrogens is 3. The number of hydrogen-bond donors (Lipinski definition) is 3. The molecule has 3 aromatic rings. The average Bonchev–Trinajstić information content (AvgIpc) is 2.96. The molecular formula is C17H17N3O3. The molecule has 6 heteroatoms. The van der Waals surface area contributed by atoms with Gasteiger partial charge in [0.15, 0.2) is 0 Å². The number of benzene rings is 2. The van der Waals surface area contributed by atoms with Crippen LogP contribution in [0.25, 0.3) is 16.9 Å². The Morgan fingerprint density at radius 1 is 0.957 bits per heavy atom. The fourth-order valence-corrected chi connectivity index (χ4v) is 2.42. The lowest BCUT2D eigenvalue weighted by molar-refractivity contribution is 0.445. The van der Waals surface area contributed by atoms with Gasteiger partial charge in [-0.1, -0.05) is 31.2 Å². The summed E-state index contributed by atoms with van der Waals surface area (Å²) >= 11 is 0. The van der Waals surface area contributed by atoms with Gasteiger partial charge in [0, 0.05) is 11.6 Å². The number of phenolic OH excluding ortho intramolecular Hbond substituents is 3. The smallest absolute Gasteiger partial charge is 0.141 e. The fourth-order valence-electron chi connectivity index (χ4n) is 2.42. The zero-order valence-corrected chi connectivity index (χ0v) is 12.8. The Hall–Kier alpha value is -3.02. The molecule has 0 amide bonds. The van der Waals surface area contributed by atoms with Crippen molar-refractivity contribution in [3.05, 3.63) is 48.2 Å². The molecule has 0 aliphatic carbocycles. The van der Waals surface area contributed by atoms with Crippen LogP contribution in [0.3, 0.4) is 0 Å². The van der Waals surface area contributed by atoms with Gasteiger partial charge in [-0.05, 0) is 29.7 Å². The molecule has 6 nitrogen and oxygen atoms in total. The molecular weight excluding hydrogens is 294 g/mol. The second-order valence-electron chi connectivity index (χ2n) is 5.62. The normalized spacial score (nSPS) is 11.1. The molecule has 0 saturated heterocycles. The van der Waals surface area contributed by atoms with Crippen molar-refractivity contribution in [3.8, 4) is 34.2 Å². The number of phenols is 3. The molecule has 0 fully saturated rings. The van der Waals surface area contributed by atoms with E-state index in [9.17, 15) is 15.3 Å². The third-order valence-corrected chi connectivity index (χ3v) is 3.66. The third-order valence-electron chi connectivity index (χ3n) is 3.66. The first-order valence-corrected chi connectivity index (χ1v) is 7.24. The summed E-state index contributed by atoms with van der Waals surface area (Å²) in [5, 5.41) is 37.9. The molecule has 23 heavy (non-hydrogen) atoms. The summed E-state index contributed by atoms with van der Waals surface area (Å²) in [5.41, 5.74) is 2.14. The standard InChI is InChI=1S/C17H17N3O3/c1-10(2)11-7-12(17(23)8-16(11)22)13-9-20(19-18-13)14-5-3-4-6-15(14)21/h3-10,21-23H,1-2H3. The Morgan fingerprint density at radius 3 is 2.39 bits per heavy atom. The maximum absolute atomic E-state index is 10.1. The molecule has 2 aromatic carbocycles. The predicted molar refractivity (Wildman–Crippen MR) is 85.9 cm³/mol. The zero-order chi connectivity index (χ0) is 16.6. The number of aromatic hydroxyl groups is 3. The van der Waals surface area contributed by atoms with Crippen LogP contribution in [-0.2, 0) is 0 Å². The zero-order valence-electron chi connectivity index (χ0n) is 12.8. The second-order valence-corrected chi connectivity index (χ2v) is 5.62. The Labute approximate surface area is 133 Å². The monoisotopic (exact) mass is 311 g/mol. The van der Waals surface area contributed by atoms with Crippen LogP contribution in [0.1, 0.15) is 25.3 Å². The first-order chi connectivity index (χ1) is 11.0. The van der Waals surface area contributed by atoms with Crippen molar-refractivity contribution in [2.75, 3.05) is 0 Å². The van der Waals surface area contributed by atoms with Gasteiger partial charge in [-0.2, -0.15) is 0 Å². The Balaban J connectivity index is 2.07. The summed E-state index contributed by atoms with van der Waals surface area (Å²) in [6, 6.07) is 9.79. The third kappa shape index (κ3) is 2.70. The lowest BCUT2D eigenvalue weighted by atomic mass is 9.98. The molecule has 0 radical (unpaired) electrons. The summed E-state index contributed by atoms with van der Waals surface area (Å²) in [5.74, 6) is 0.162. The van der Waals surface area contributed by atoms with E-state index in [0.29, 0.717) is 16.9 Å². The van der Waals surface area contributed by atoms with Crippen molar-refractivity contribution in [2.45, 2.75) is 19.8 Å². The molecule has 118 valence electrons. The Bertz CT molecular complexity index is 856. The lowest BCUT2D eigenvalue weighted by Crippen LogP contribution is -1.94. The predicted octanol–water partition coefficient (Wildman–Crippen LogP) is 3.17. The van der Waals surface area contributed by atoms with Crippen LogP contribution in [0.5, 0.6) is 17.2 Å². The SMILES string of the molecule is CC(C)c1cc(-c2cn(-c3ccccc3O)nn2)c(O)cc1O. The first kappa shape index (κ1) is 14.9. The van der Waals surface area contributed by atoms with Crippen molar-refractivity contribution in [1.29, 1.82) is 0 Å². The van der Waals surface area contributed by atoms with E-state index in [-0.39, 0.29) is 23.2 Å². The molecule has 0 atom stereocenters. The summed E-state index contributed by atoms with van der Waals surface area (Å²) in [6.45, 7) is 3.91. The van der Waals surface area contributed by atoms with E-state index in [1.54, 1.807) is 36.5 Å². The van der Waals surface area contributed by atoms with Crippen LogP contribution >= 0.6 is 0 Å². The molecule has 0 aliphatic rings. The van der Waals surface area contributed by atoms with E-state index in [0.717, 1.165) is 5.56 Å². The number of para-hydroxylation sites is 2. The molecule has 1 heterocycles. The fraction of sp³-hybridized carbons (Fsp3) is 0.176. The second kappa shape index (κ2) is 5.64. The van der Waals surface area contributed by atoms with Gasteiger partial charge in [-0.3, -0.25) is 0 Å². The highest BCUT2D eigenvalue weighted by Gasteiger charge is 2.16. The molecule has 3 rings (SSSR count). The van der Waals surface area contributed by atoms with E-state index in [2.05, 4.69) is 10.3 Å². The largest absolute Gasteiger partial charge is 0.508 e. The Morgan fingerprint density at radius 2 is 1.70 bits per heavy atom. The molecule has 3 N–H and O–H groups in total. The van der Waals surface area contributed by atoms with Crippen molar-refractivity contribution >= 4 is 0 Å². The van der Waals surface area contributed by atoms with Crippen LogP contribution in [0, 0.1) is 0 Å². The highest BCUT2D eigenvalue weighted by atomic mass is 16.3. The maximum atomic E-state index is 10.1. The van der Waals surface area contributed by atoms with Gasteiger partial charge < -0.3 is 15.3 Å². The summed E-state index contributed by atoms with van der Waals surface area (Å²) in [4.78, 5) is 0. The molecule has 0 bridgehead atoms. The van der Waals surface area contributed by atoms with Crippen molar-refractivity contribution in [1.82, 2.24) is 15.0 Å². The van der Waals surface area contributed by atoms with Gasteiger partial charge >= 0.3 is 0 Å². The van der Waals surface area contributed by atoms with Gasteiger partial charge in [0.2, 0.25) is 0 Å². The average molecular weight is 311 g/mol. The highest BCUT2D eigenvalue weighted by Crippen LogP contribution is 2.37. The summed E-state index contributed by atoms with van der Waals surface area (Å²) in [7, 11) is 0. The van der Waals surface area contributed by atoms with Crippen LogP contribution in [0.2, 0.25) is 0 Å². The maximum Gasteiger partial charge on any atom is 0.141 e. The van der Waals surface area contributed by atoms with Gasteiger partial charge in [-0.25, -0.2) is 4.68 Å². The minimum absolute atomic E-state index is 0.0503. The van der Waals surface area contributed by atoms with Crippen LogP contribution in [-0.4, -0.2) is 30.3 Å². The van der Waals surface area contributed by atoms with Gasteiger partial charge in [0.1, 0.15) is 28.6 Å². The van der Waals surface area contributed by atoms with Gasteiger partial charge in [0.25, 0.3) is 0 Å².